The Morgan fingerprint density at radius 3 is 2.62 bits per heavy atom. The maximum absolute atomic E-state index is 9.86. The summed E-state index contributed by atoms with van der Waals surface area (Å²) in [5, 5.41) is 9.86. The molecule has 1 heterocycles. The topological polar surface area (TPSA) is 26.7 Å². The van der Waals surface area contributed by atoms with Gasteiger partial charge in [0, 0.05) is 19.1 Å². The van der Waals surface area contributed by atoms with Gasteiger partial charge in [-0.1, -0.05) is 6.42 Å². The Labute approximate surface area is 99.4 Å². The Kier molecular flexibility index (Phi) is 4.22. The number of hydrogen-bond acceptors (Lipinski definition) is 3. The molecule has 0 spiro atoms. The predicted octanol–water partition coefficient (Wildman–Crippen LogP) is 1.17. The van der Waals surface area contributed by atoms with Crippen LogP contribution in [-0.2, 0) is 0 Å². The van der Waals surface area contributed by atoms with Gasteiger partial charge in [-0.05, 0) is 52.2 Å². The van der Waals surface area contributed by atoms with E-state index in [1.165, 1.54) is 38.8 Å². The van der Waals surface area contributed by atoms with Gasteiger partial charge >= 0.3 is 0 Å². The fourth-order valence-electron chi connectivity index (χ4n) is 3.18. The van der Waals surface area contributed by atoms with E-state index in [2.05, 4.69) is 23.9 Å². The molecule has 0 bridgehead atoms. The molecule has 0 aromatic rings. The number of hydrogen-bond donors (Lipinski definition) is 1. The summed E-state index contributed by atoms with van der Waals surface area (Å²) >= 11 is 0. The second-order valence-electron chi connectivity index (χ2n) is 5.78. The average molecular weight is 226 g/mol. The van der Waals surface area contributed by atoms with Crippen LogP contribution in [0.2, 0.25) is 0 Å². The van der Waals surface area contributed by atoms with E-state index in [1.807, 2.05) is 0 Å². The van der Waals surface area contributed by atoms with Crippen LogP contribution in [0.25, 0.3) is 0 Å². The van der Waals surface area contributed by atoms with Gasteiger partial charge in [-0.2, -0.15) is 0 Å². The molecule has 1 saturated carbocycles. The van der Waals surface area contributed by atoms with Gasteiger partial charge in [0.1, 0.15) is 0 Å². The molecule has 2 fully saturated rings. The first kappa shape index (κ1) is 12.3. The summed E-state index contributed by atoms with van der Waals surface area (Å²) in [5.41, 5.74) is 0. The van der Waals surface area contributed by atoms with Gasteiger partial charge in [0.05, 0.1) is 6.10 Å². The van der Waals surface area contributed by atoms with Crippen molar-refractivity contribution in [3.05, 3.63) is 0 Å². The lowest BCUT2D eigenvalue weighted by Gasteiger charge is -2.37. The minimum Gasteiger partial charge on any atom is -0.393 e. The van der Waals surface area contributed by atoms with E-state index in [0.29, 0.717) is 12.0 Å². The van der Waals surface area contributed by atoms with Gasteiger partial charge < -0.3 is 14.9 Å². The van der Waals surface area contributed by atoms with E-state index >= 15 is 0 Å². The van der Waals surface area contributed by atoms with Crippen LogP contribution in [0.4, 0.5) is 0 Å². The fourth-order valence-corrected chi connectivity index (χ4v) is 3.18. The Hall–Kier alpha value is -0.120. The third-order valence-electron chi connectivity index (χ3n) is 4.32. The molecule has 1 N–H and O–H groups in total. The molecule has 1 aliphatic heterocycles. The molecule has 3 atom stereocenters. The maximum Gasteiger partial charge on any atom is 0.0580 e. The fraction of sp³-hybridized carbons (Fsp3) is 1.00. The molecule has 3 nitrogen and oxygen atoms in total. The molecular weight excluding hydrogens is 200 g/mol. The second-order valence-corrected chi connectivity index (χ2v) is 5.78. The summed E-state index contributed by atoms with van der Waals surface area (Å²) in [6, 6.07) is 0.715. The van der Waals surface area contributed by atoms with Gasteiger partial charge in [-0.15, -0.1) is 0 Å². The molecule has 3 unspecified atom stereocenters. The zero-order valence-corrected chi connectivity index (χ0v) is 10.7. The van der Waals surface area contributed by atoms with Crippen molar-refractivity contribution >= 4 is 0 Å². The summed E-state index contributed by atoms with van der Waals surface area (Å²) in [6.45, 7) is 3.54. The lowest BCUT2D eigenvalue weighted by molar-refractivity contribution is 0.0736. The minimum atomic E-state index is -0.0280. The van der Waals surface area contributed by atoms with Crippen LogP contribution in [-0.4, -0.2) is 60.8 Å². The summed E-state index contributed by atoms with van der Waals surface area (Å²) < 4.78 is 0. The molecule has 3 heteroatoms. The second kappa shape index (κ2) is 5.48. The quantitative estimate of drug-likeness (QED) is 0.782. The molecule has 0 amide bonds. The van der Waals surface area contributed by atoms with Crippen LogP contribution in [0.3, 0.4) is 0 Å². The van der Waals surface area contributed by atoms with E-state index in [4.69, 9.17) is 0 Å². The van der Waals surface area contributed by atoms with Crippen molar-refractivity contribution in [2.75, 3.05) is 33.7 Å². The van der Waals surface area contributed by atoms with Crippen LogP contribution in [0.1, 0.15) is 32.1 Å². The highest BCUT2D eigenvalue weighted by Crippen LogP contribution is 2.27. The highest BCUT2D eigenvalue weighted by Gasteiger charge is 2.29. The number of piperidine rings is 1. The van der Waals surface area contributed by atoms with Gasteiger partial charge in [-0.25, -0.2) is 0 Å². The number of nitrogens with zero attached hydrogens (tertiary/aromatic N) is 2. The monoisotopic (exact) mass is 226 g/mol. The van der Waals surface area contributed by atoms with Crippen molar-refractivity contribution in [2.24, 2.45) is 5.92 Å². The molecule has 1 aliphatic carbocycles. The minimum absolute atomic E-state index is 0.0280. The lowest BCUT2D eigenvalue weighted by atomic mass is 10.0. The Morgan fingerprint density at radius 2 is 2.00 bits per heavy atom. The molecule has 0 aromatic carbocycles. The smallest absolute Gasteiger partial charge is 0.0580 e. The van der Waals surface area contributed by atoms with Crippen molar-refractivity contribution in [2.45, 2.75) is 44.2 Å². The first-order valence-electron chi connectivity index (χ1n) is 6.73. The largest absolute Gasteiger partial charge is 0.393 e. The Balaban J connectivity index is 1.80. The number of aliphatic hydroxyl groups is 1. The van der Waals surface area contributed by atoms with E-state index in [-0.39, 0.29) is 6.10 Å². The summed E-state index contributed by atoms with van der Waals surface area (Å²) in [6.07, 6.45) is 6.08. The zero-order chi connectivity index (χ0) is 11.5. The molecule has 0 aromatic heterocycles. The Morgan fingerprint density at radius 1 is 1.19 bits per heavy atom. The van der Waals surface area contributed by atoms with Crippen LogP contribution < -0.4 is 0 Å². The van der Waals surface area contributed by atoms with E-state index < -0.39 is 0 Å². The van der Waals surface area contributed by atoms with Crippen molar-refractivity contribution in [1.29, 1.82) is 0 Å². The van der Waals surface area contributed by atoms with Crippen molar-refractivity contribution < 1.29 is 5.11 Å². The van der Waals surface area contributed by atoms with Crippen molar-refractivity contribution in [3.8, 4) is 0 Å². The molecule has 16 heavy (non-hydrogen) atoms. The predicted molar refractivity (Wildman–Crippen MR) is 66.5 cm³/mol. The molecule has 1 saturated heterocycles. The van der Waals surface area contributed by atoms with Crippen LogP contribution in [0.5, 0.6) is 0 Å². The summed E-state index contributed by atoms with van der Waals surface area (Å²) in [4.78, 5) is 4.91. The molecule has 2 rings (SSSR count). The summed E-state index contributed by atoms with van der Waals surface area (Å²) in [5.74, 6) is 0.543. The summed E-state index contributed by atoms with van der Waals surface area (Å²) in [7, 11) is 4.36. The normalized spacial score (nSPS) is 37.1. The van der Waals surface area contributed by atoms with Gasteiger partial charge in [0.2, 0.25) is 0 Å². The SMILES string of the molecule is CN(C)C1CCCN(CC2CCCC2O)C1. The van der Waals surface area contributed by atoms with Gasteiger partial charge in [0.15, 0.2) is 0 Å². The van der Waals surface area contributed by atoms with E-state index in [9.17, 15) is 5.11 Å². The third-order valence-corrected chi connectivity index (χ3v) is 4.32. The molecule has 94 valence electrons. The van der Waals surface area contributed by atoms with Crippen LogP contribution >= 0.6 is 0 Å². The average Bonchev–Trinajstić information content (AvgIpc) is 2.65. The lowest BCUT2D eigenvalue weighted by Crippen LogP contribution is -2.47. The van der Waals surface area contributed by atoms with E-state index in [1.54, 1.807) is 0 Å². The molecular formula is C13H26N2O. The highest BCUT2D eigenvalue weighted by molar-refractivity contribution is 4.83. The third kappa shape index (κ3) is 2.96. The first-order chi connectivity index (χ1) is 7.66. The van der Waals surface area contributed by atoms with Crippen LogP contribution in [0.15, 0.2) is 0 Å². The van der Waals surface area contributed by atoms with Gasteiger partial charge in [0.25, 0.3) is 0 Å². The molecule has 0 radical (unpaired) electrons. The standard InChI is InChI=1S/C13H26N2O/c1-14(2)12-6-4-8-15(10-12)9-11-5-3-7-13(11)16/h11-13,16H,3-10H2,1-2H3. The number of rotatable bonds is 3. The highest BCUT2D eigenvalue weighted by atomic mass is 16.3. The zero-order valence-electron chi connectivity index (χ0n) is 10.7. The maximum atomic E-state index is 9.86. The molecule has 2 aliphatic rings. The number of likely N-dealkylation sites (N-methyl/N-ethyl adjacent to an activating group) is 1. The first-order valence-corrected chi connectivity index (χ1v) is 6.73. The Bertz CT molecular complexity index is 220. The van der Waals surface area contributed by atoms with Crippen molar-refractivity contribution in [1.82, 2.24) is 9.80 Å². The number of aliphatic hydroxyl groups excluding tert-OH is 1. The van der Waals surface area contributed by atoms with E-state index in [0.717, 1.165) is 13.0 Å². The van der Waals surface area contributed by atoms with Crippen molar-refractivity contribution in [3.63, 3.8) is 0 Å². The number of likely N-dealkylation sites (tertiary alicyclic amines) is 1. The van der Waals surface area contributed by atoms with Gasteiger partial charge in [-0.3, -0.25) is 0 Å². The van der Waals surface area contributed by atoms with Crippen LogP contribution in [0, 0.1) is 5.92 Å².